The molecule has 3 rings (SSSR count). The lowest BCUT2D eigenvalue weighted by molar-refractivity contribution is 0.102. The number of nitrogens with zero attached hydrogens (tertiary/aromatic N) is 1. The molecule has 1 saturated heterocycles. The van der Waals surface area contributed by atoms with Crippen molar-refractivity contribution in [2.75, 3.05) is 24.7 Å². The van der Waals surface area contributed by atoms with Crippen molar-refractivity contribution >= 4 is 45.0 Å². The van der Waals surface area contributed by atoms with Gasteiger partial charge in [0.15, 0.2) is 0 Å². The summed E-state index contributed by atoms with van der Waals surface area (Å²) in [7, 11) is -3.60. The van der Waals surface area contributed by atoms with Gasteiger partial charge in [-0.1, -0.05) is 17.7 Å². The van der Waals surface area contributed by atoms with Crippen LogP contribution in [0.25, 0.3) is 0 Å². The molecule has 0 aromatic heterocycles. The third-order valence-corrected chi connectivity index (χ3v) is 7.16. The topological polar surface area (TPSA) is 66.5 Å². The van der Waals surface area contributed by atoms with Gasteiger partial charge in [-0.3, -0.25) is 4.79 Å². The number of hydrogen-bond donors (Lipinski definition) is 1. The SMILES string of the molecule is CSc1cccc(NC(=O)c2cc(S(=O)(=O)N3CCCC3)ccc2Cl)c1. The molecule has 8 heteroatoms. The molecule has 26 heavy (non-hydrogen) atoms. The fraction of sp³-hybridized carbons (Fsp3) is 0.278. The Morgan fingerprint density at radius 1 is 1.15 bits per heavy atom. The van der Waals surface area contributed by atoms with Crippen LogP contribution in [0.5, 0.6) is 0 Å². The van der Waals surface area contributed by atoms with E-state index < -0.39 is 15.9 Å². The Hall–Kier alpha value is -1.54. The molecule has 2 aromatic carbocycles. The minimum absolute atomic E-state index is 0.0896. The molecule has 138 valence electrons. The van der Waals surface area contributed by atoms with Gasteiger partial charge in [0.1, 0.15) is 0 Å². The predicted molar refractivity (Wildman–Crippen MR) is 106 cm³/mol. The monoisotopic (exact) mass is 410 g/mol. The molecular weight excluding hydrogens is 392 g/mol. The van der Waals surface area contributed by atoms with E-state index in [-0.39, 0.29) is 15.5 Å². The summed E-state index contributed by atoms with van der Waals surface area (Å²) in [4.78, 5) is 13.7. The lowest BCUT2D eigenvalue weighted by atomic mass is 10.2. The number of thioether (sulfide) groups is 1. The Morgan fingerprint density at radius 2 is 1.88 bits per heavy atom. The summed E-state index contributed by atoms with van der Waals surface area (Å²) in [5.41, 5.74) is 0.771. The third-order valence-electron chi connectivity index (χ3n) is 4.21. The number of hydrogen-bond acceptors (Lipinski definition) is 4. The third kappa shape index (κ3) is 4.06. The van der Waals surface area contributed by atoms with Crippen LogP contribution in [0.1, 0.15) is 23.2 Å². The van der Waals surface area contributed by atoms with Gasteiger partial charge in [-0.05, 0) is 55.5 Å². The Kier molecular flexibility index (Phi) is 5.92. The van der Waals surface area contributed by atoms with E-state index in [0.717, 1.165) is 17.7 Å². The Bertz CT molecular complexity index is 926. The quantitative estimate of drug-likeness (QED) is 0.753. The molecule has 0 unspecified atom stereocenters. The van der Waals surface area contributed by atoms with Crippen molar-refractivity contribution in [1.82, 2.24) is 4.31 Å². The highest BCUT2D eigenvalue weighted by molar-refractivity contribution is 7.98. The molecule has 1 N–H and O–H groups in total. The van der Waals surface area contributed by atoms with Crippen molar-refractivity contribution in [1.29, 1.82) is 0 Å². The minimum atomic E-state index is -3.60. The lowest BCUT2D eigenvalue weighted by Crippen LogP contribution is -2.28. The molecule has 0 aliphatic carbocycles. The number of benzene rings is 2. The molecule has 1 aliphatic rings. The van der Waals surface area contributed by atoms with Gasteiger partial charge >= 0.3 is 0 Å². The molecule has 0 spiro atoms. The molecule has 0 radical (unpaired) electrons. The first kappa shape index (κ1) is 19.2. The lowest BCUT2D eigenvalue weighted by Gasteiger charge is -2.16. The average Bonchev–Trinajstić information content (AvgIpc) is 3.17. The smallest absolute Gasteiger partial charge is 0.257 e. The molecule has 2 aromatic rings. The highest BCUT2D eigenvalue weighted by Crippen LogP contribution is 2.26. The maximum atomic E-state index is 12.7. The number of sulfonamides is 1. The summed E-state index contributed by atoms with van der Waals surface area (Å²) in [5, 5.41) is 2.99. The Balaban J connectivity index is 1.88. The van der Waals surface area contributed by atoms with Crippen molar-refractivity contribution in [2.45, 2.75) is 22.6 Å². The fourth-order valence-corrected chi connectivity index (χ4v) is 5.02. The molecular formula is C18H19ClN2O3S2. The minimum Gasteiger partial charge on any atom is -0.322 e. The molecule has 1 heterocycles. The van der Waals surface area contributed by atoms with E-state index in [4.69, 9.17) is 11.6 Å². The van der Waals surface area contributed by atoms with Gasteiger partial charge in [0, 0.05) is 23.7 Å². The van der Waals surface area contributed by atoms with E-state index in [1.807, 2.05) is 24.5 Å². The largest absolute Gasteiger partial charge is 0.322 e. The standard InChI is InChI=1S/C18H19ClN2O3S2/c1-25-14-6-4-5-13(11-14)20-18(22)16-12-15(7-8-17(16)19)26(23,24)21-9-2-3-10-21/h4-8,11-12H,2-3,9-10H2,1H3,(H,20,22). The first-order valence-electron chi connectivity index (χ1n) is 8.17. The summed E-state index contributed by atoms with van der Waals surface area (Å²) in [6.45, 7) is 1.02. The maximum Gasteiger partial charge on any atom is 0.257 e. The normalized spacial score (nSPS) is 15.2. The molecule has 0 saturated carbocycles. The number of carbonyl (C=O) groups is 1. The number of halogens is 1. The molecule has 0 atom stereocenters. The van der Waals surface area contributed by atoms with Crippen LogP contribution in [-0.4, -0.2) is 38.0 Å². The first-order valence-corrected chi connectivity index (χ1v) is 11.2. The van der Waals surface area contributed by atoms with Crippen molar-refractivity contribution in [3.05, 3.63) is 53.1 Å². The zero-order valence-corrected chi connectivity index (χ0v) is 16.6. The van der Waals surface area contributed by atoms with E-state index in [9.17, 15) is 13.2 Å². The van der Waals surface area contributed by atoms with Crippen molar-refractivity contribution in [3.63, 3.8) is 0 Å². The second-order valence-corrected chi connectivity index (χ2v) is 9.16. The second-order valence-electron chi connectivity index (χ2n) is 5.94. The summed E-state index contributed by atoms with van der Waals surface area (Å²) >= 11 is 7.72. The van der Waals surface area contributed by atoms with Crippen molar-refractivity contribution in [3.8, 4) is 0 Å². The Morgan fingerprint density at radius 3 is 2.58 bits per heavy atom. The summed E-state index contributed by atoms with van der Waals surface area (Å²) in [5.74, 6) is -0.438. The summed E-state index contributed by atoms with van der Waals surface area (Å²) in [6, 6.07) is 11.7. The summed E-state index contributed by atoms with van der Waals surface area (Å²) < 4.78 is 26.9. The fourth-order valence-electron chi connectivity index (χ4n) is 2.82. The number of nitrogens with one attached hydrogen (secondary N) is 1. The Labute approximate surface area is 162 Å². The van der Waals surface area contributed by atoms with Crippen LogP contribution in [-0.2, 0) is 10.0 Å². The van der Waals surface area contributed by atoms with Crippen LogP contribution in [0, 0.1) is 0 Å². The van der Waals surface area contributed by atoms with Crippen LogP contribution in [0.3, 0.4) is 0 Å². The second kappa shape index (κ2) is 8.00. The average molecular weight is 411 g/mol. The van der Waals surface area contributed by atoms with Gasteiger partial charge in [0.2, 0.25) is 10.0 Å². The van der Waals surface area contributed by atoms with Gasteiger partial charge in [0.05, 0.1) is 15.5 Å². The van der Waals surface area contributed by atoms with Crippen LogP contribution < -0.4 is 5.32 Å². The number of carbonyl (C=O) groups excluding carboxylic acids is 1. The maximum absolute atomic E-state index is 12.7. The van der Waals surface area contributed by atoms with Gasteiger partial charge in [-0.2, -0.15) is 4.31 Å². The van der Waals surface area contributed by atoms with Gasteiger partial charge in [-0.15, -0.1) is 11.8 Å². The summed E-state index contributed by atoms with van der Waals surface area (Å²) in [6.07, 6.45) is 3.66. The molecule has 1 fully saturated rings. The molecule has 1 aliphatic heterocycles. The number of anilines is 1. The molecule has 0 bridgehead atoms. The van der Waals surface area contributed by atoms with Gasteiger partial charge in [-0.25, -0.2) is 8.42 Å². The van der Waals surface area contributed by atoms with E-state index in [1.165, 1.54) is 22.5 Å². The zero-order valence-electron chi connectivity index (χ0n) is 14.2. The van der Waals surface area contributed by atoms with Crippen LogP contribution >= 0.6 is 23.4 Å². The molecule has 5 nitrogen and oxygen atoms in total. The zero-order chi connectivity index (χ0) is 18.7. The van der Waals surface area contributed by atoms with E-state index in [1.54, 1.807) is 17.8 Å². The van der Waals surface area contributed by atoms with Gasteiger partial charge in [0.25, 0.3) is 5.91 Å². The predicted octanol–water partition coefficient (Wildman–Crippen LogP) is 4.10. The highest BCUT2D eigenvalue weighted by atomic mass is 35.5. The number of amides is 1. The highest BCUT2D eigenvalue weighted by Gasteiger charge is 2.28. The van der Waals surface area contributed by atoms with Crippen molar-refractivity contribution in [2.24, 2.45) is 0 Å². The van der Waals surface area contributed by atoms with E-state index >= 15 is 0 Å². The van der Waals surface area contributed by atoms with Crippen LogP contribution in [0.2, 0.25) is 5.02 Å². The van der Waals surface area contributed by atoms with Crippen LogP contribution in [0.4, 0.5) is 5.69 Å². The number of rotatable bonds is 5. The molecule has 1 amide bonds. The van der Waals surface area contributed by atoms with Crippen molar-refractivity contribution < 1.29 is 13.2 Å². The first-order chi connectivity index (χ1) is 12.4. The van der Waals surface area contributed by atoms with Gasteiger partial charge < -0.3 is 5.32 Å². The van der Waals surface area contributed by atoms with Crippen LogP contribution in [0.15, 0.2) is 52.3 Å². The van der Waals surface area contributed by atoms with E-state index in [2.05, 4.69) is 5.32 Å². The van der Waals surface area contributed by atoms with E-state index in [0.29, 0.717) is 18.8 Å².